The number of nitrogens with zero attached hydrogens (tertiary/aromatic N) is 2. The van der Waals surface area contributed by atoms with E-state index < -0.39 is 0 Å². The van der Waals surface area contributed by atoms with Gasteiger partial charge in [0, 0.05) is 17.5 Å². The minimum atomic E-state index is -0.211. The molecule has 0 fully saturated rings. The maximum atomic E-state index is 13.0. The van der Waals surface area contributed by atoms with Gasteiger partial charge in [-0.15, -0.1) is 0 Å². The molecule has 0 saturated carbocycles. The van der Waals surface area contributed by atoms with E-state index in [0.717, 1.165) is 16.8 Å². The molecule has 0 unspecified atom stereocenters. The zero-order valence-corrected chi connectivity index (χ0v) is 11.1. The van der Waals surface area contributed by atoms with Gasteiger partial charge in [0.15, 0.2) is 5.16 Å². The fourth-order valence-electron chi connectivity index (χ4n) is 1.59. The Kier molecular flexibility index (Phi) is 3.81. The lowest BCUT2D eigenvalue weighted by Crippen LogP contribution is -1.97. The molecule has 18 heavy (non-hydrogen) atoms. The summed E-state index contributed by atoms with van der Waals surface area (Å²) in [6, 6.07) is 6.51. The van der Waals surface area contributed by atoms with Crippen molar-refractivity contribution in [1.29, 1.82) is 0 Å². The van der Waals surface area contributed by atoms with Crippen molar-refractivity contribution in [1.82, 2.24) is 9.97 Å². The van der Waals surface area contributed by atoms with Crippen LogP contribution in [0.3, 0.4) is 0 Å². The second-order valence-corrected chi connectivity index (χ2v) is 5.02. The molecule has 0 aliphatic heterocycles. The highest BCUT2D eigenvalue weighted by molar-refractivity contribution is 7.98. The standard InChI is InChI=1S/C13H14FN3S/c1-8-5-11(14)4-3-10(8)7-18-13-16-9(2)6-12(15)17-13/h3-6H,7H2,1-2H3,(H2,15,16,17). The van der Waals surface area contributed by atoms with Crippen LogP contribution in [-0.4, -0.2) is 9.97 Å². The van der Waals surface area contributed by atoms with Crippen molar-refractivity contribution in [2.45, 2.75) is 24.8 Å². The maximum Gasteiger partial charge on any atom is 0.190 e. The first-order valence-electron chi connectivity index (χ1n) is 5.53. The van der Waals surface area contributed by atoms with Crippen molar-refractivity contribution in [3.8, 4) is 0 Å². The molecule has 1 aromatic heterocycles. The monoisotopic (exact) mass is 263 g/mol. The maximum absolute atomic E-state index is 13.0. The zero-order chi connectivity index (χ0) is 13.1. The van der Waals surface area contributed by atoms with Crippen molar-refractivity contribution in [3.05, 3.63) is 46.9 Å². The van der Waals surface area contributed by atoms with Crippen LogP contribution >= 0.6 is 11.8 Å². The van der Waals surface area contributed by atoms with Crippen LogP contribution in [0.25, 0.3) is 0 Å². The second-order valence-electron chi connectivity index (χ2n) is 4.08. The average molecular weight is 263 g/mol. The Bertz CT molecular complexity index is 552. The molecule has 94 valence electrons. The van der Waals surface area contributed by atoms with E-state index in [2.05, 4.69) is 9.97 Å². The number of hydrogen-bond donors (Lipinski definition) is 1. The van der Waals surface area contributed by atoms with Crippen LogP contribution in [0, 0.1) is 19.7 Å². The van der Waals surface area contributed by atoms with Crippen LogP contribution < -0.4 is 5.73 Å². The Labute approximate surface area is 110 Å². The SMILES string of the molecule is Cc1cc(N)nc(SCc2ccc(F)cc2C)n1. The first-order valence-corrected chi connectivity index (χ1v) is 6.52. The van der Waals surface area contributed by atoms with Crippen molar-refractivity contribution >= 4 is 17.6 Å². The first kappa shape index (κ1) is 12.8. The highest BCUT2D eigenvalue weighted by atomic mass is 32.2. The molecule has 0 bridgehead atoms. The summed E-state index contributed by atoms with van der Waals surface area (Å²) in [4.78, 5) is 8.45. The third-order valence-corrected chi connectivity index (χ3v) is 3.41. The average Bonchev–Trinajstić information content (AvgIpc) is 2.26. The molecule has 5 heteroatoms. The minimum absolute atomic E-state index is 0.211. The molecule has 0 spiro atoms. The van der Waals surface area contributed by atoms with Crippen molar-refractivity contribution in [2.24, 2.45) is 0 Å². The molecule has 2 rings (SSSR count). The Morgan fingerprint density at radius 3 is 2.67 bits per heavy atom. The van der Waals surface area contributed by atoms with E-state index in [1.54, 1.807) is 12.1 Å². The highest BCUT2D eigenvalue weighted by Crippen LogP contribution is 2.22. The Hall–Kier alpha value is -1.62. The van der Waals surface area contributed by atoms with E-state index in [4.69, 9.17) is 5.73 Å². The topological polar surface area (TPSA) is 51.8 Å². The molecule has 0 saturated heterocycles. The molecule has 0 amide bonds. The van der Waals surface area contributed by atoms with E-state index in [1.165, 1.54) is 23.9 Å². The largest absolute Gasteiger partial charge is 0.384 e. The predicted octanol–water partition coefficient (Wildman–Crippen LogP) is 3.11. The Balaban J connectivity index is 2.11. The number of nitrogens with two attached hydrogens (primary N) is 1. The molecule has 0 aliphatic carbocycles. The summed E-state index contributed by atoms with van der Waals surface area (Å²) in [5.41, 5.74) is 8.52. The van der Waals surface area contributed by atoms with Gasteiger partial charge >= 0.3 is 0 Å². The molecule has 0 atom stereocenters. The number of aryl methyl sites for hydroxylation is 2. The first-order chi connectivity index (χ1) is 8.54. The minimum Gasteiger partial charge on any atom is -0.384 e. The van der Waals surface area contributed by atoms with E-state index >= 15 is 0 Å². The van der Waals surface area contributed by atoms with Gasteiger partial charge in [0.05, 0.1) is 0 Å². The number of anilines is 1. The van der Waals surface area contributed by atoms with E-state index in [-0.39, 0.29) is 5.82 Å². The number of halogens is 1. The smallest absolute Gasteiger partial charge is 0.190 e. The summed E-state index contributed by atoms with van der Waals surface area (Å²) in [6.45, 7) is 3.77. The number of aromatic nitrogens is 2. The summed E-state index contributed by atoms with van der Waals surface area (Å²) in [6.07, 6.45) is 0. The van der Waals surface area contributed by atoms with Crippen LogP contribution in [0.4, 0.5) is 10.2 Å². The zero-order valence-electron chi connectivity index (χ0n) is 10.3. The van der Waals surface area contributed by atoms with Gasteiger partial charge in [-0.1, -0.05) is 17.8 Å². The molecule has 0 aliphatic rings. The summed E-state index contributed by atoms with van der Waals surface area (Å²) in [5, 5.41) is 0.649. The molecular formula is C13H14FN3S. The fraction of sp³-hybridized carbons (Fsp3) is 0.231. The van der Waals surface area contributed by atoms with Crippen LogP contribution in [0.5, 0.6) is 0 Å². The molecule has 2 aromatic rings. The second kappa shape index (κ2) is 5.35. The van der Waals surface area contributed by atoms with Gasteiger partial charge in [0.25, 0.3) is 0 Å². The van der Waals surface area contributed by atoms with Gasteiger partial charge in [-0.2, -0.15) is 0 Å². The molecule has 3 nitrogen and oxygen atoms in total. The van der Waals surface area contributed by atoms with Crippen LogP contribution in [-0.2, 0) is 5.75 Å². The van der Waals surface area contributed by atoms with Crippen LogP contribution in [0.2, 0.25) is 0 Å². The van der Waals surface area contributed by atoms with Gasteiger partial charge in [-0.25, -0.2) is 14.4 Å². The fourth-order valence-corrected chi connectivity index (χ4v) is 2.58. The number of nitrogen functional groups attached to an aromatic ring is 1. The third kappa shape index (κ3) is 3.20. The van der Waals surface area contributed by atoms with E-state index in [0.29, 0.717) is 16.7 Å². The van der Waals surface area contributed by atoms with Gasteiger partial charge in [0.2, 0.25) is 0 Å². The number of thioether (sulfide) groups is 1. The predicted molar refractivity (Wildman–Crippen MR) is 71.9 cm³/mol. The third-order valence-electron chi connectivity index (χ3n) is 2.51. The molecular weight excluding hydrogens is 249 g/mol. The number of rotatable bonds is 3. The lowest BCUT2D eigenvalue weighted by atomic mass is 10.1. The lowest BCUT2D eigenvalue weighted by Gasteiger charge is -2.06. The van der Waals surface area contributed by atoms with Gasteiger partial charge in [-0.3, -0.25) is 0 Å². The van der Waals surface area contributed by atoms with Crippen LogP contribution in [0.1, 0.15) is 16.8 Å². The van der Waals surface area contributed by atoms with Gasteiger partial charge < -0.3 is 5.73 Å². The van der Waals surface area contributed by atoms with E-state index in [9.17, 15) is 4.39 Å². The van der Waals surface area contributed by atoms with Gasteiger partial charge in [-0.05, 0) is 37.1 Å². The molecule has 0 radical (unpaired) electrons. The van der Waals surface area contributed by atoms with Crippen molar-refractivity contribution in [2.75, 3.05) is 5.73 Å². The van der Waals surface area contributed by atoms with Gasteiger partial charge in [0.1, 0.15) is 11.6 Å². The normalized spacial score (nSPS) is 10.6. The summed E-state index contributed by atoms with van der Waals surface area (Å²) in [5.74, 6) is 0.966. The summed E-state index contributed by atoms with van der Waals surface area (Å²) >= 11 is 1.50. The molecule has 1 heterocycles. The van der Waals surface area contributed by atoms with Crippen molar-refractivity contribution in [3.63, 3.8) is 0 Å². The molecule has 1 aromatic carbocycles. The highest BCUT2D eigenvalue weighted by Gasteiger charge is 2.04. The van der Waals surface area contributed by atoms with Crippen LogP contribution in [0.15, 0.2) is 29.4 Å². The quantitative estimate of drug-likeness (QED) is 0.683. The van der Waals surface area contributed by atoms with Crippen molar-refractivity contribution < 1.29 is 4.39 Å². The number of benzene rings is 1. The summed E-state index contributed by atoms with van der Waals surface area (Å²) < 4.78 is 13.0. The Morgan fingerprint density at radius 2 is 2.00 bits per heavy atom. The van der Waals surface area contributed by atoms with E-state index in [1.807, 2.05) is 13.8 Å². The Morgan fingerprint density at radius 1 is 1.22 bits per heavy atom. The molecule has 2 N–H and O–H groups in total. The number of hydrogen-bond acceptors (Lipinski definition) is 4. The summed E-state index contributed by atoms with van der Waals surface area (Å²) in [7, 11) is 0. The lowest BCUT2D eigenvalue weighted by molar-refractivity contribution is 0.626.